The van der Waals surface area contributed by atoms with Gasteiger partial charge in [-0.25, -0.2) is 4.98 Å². The second kappa shape index (κ2) is 5.95. The van der Waals surface area contributed by atoms with Crippen molar-refractivity contribution in [2.24, 2.45) is 7.05 Å². The van der Waals surface area contributed by atoms with Crippen molar-refractivity contribution in [1.82, 2.24) is 24.6 Å². The SMILES string of the molecule is Cc1[nH]ncc1C(=O)N1CCC[C@H](c2nc(C(F)(F)F)cn2C)C1. The molecule has 1 saturated heterocycles. The number of piperidine rings is 1. The number of carbonyl (C=O) groups is 1. The van der Waals surface area contributed by atoms with E-state index in [0.717, 1.165) is 12.6 Å². The molecular formula is C15H18F3N5O. The Balaban J connectivity index is 1.80. The summed E-state index contributed by atoms with van der Waals surface area (Å²) in [6.07, 6.45) is -0.563. The van der Waals surface area contributed by atoms with Gasteiger partial charge in [-0.1, -0.05) is 0 Å². The summed E-state index contributed by atoms with van der Waals surface area (Å²) >= 11 is 0. The number of imidazole rings is 1. The Morgan fingerprint density at radius 2 is 2.17 bits per heavy atom. The van der Waals surface area contributed by atoms with Gasteiger partial charge in [-0.3, -0.25) is 9.89 Å². The van der Waals surface area contributed by atoms with E-state index in [1.807, 2.05) is 0 Å². The fourth-order valence-electron chi connectivity index (χ4n) is 3.11. The Hall–Kier alpha value is -2.32. The van der Waals surface area contributed by atoms with Gasteiger partial charge in [-0.15, -0.1) is 0 Å². The normalized spacial score (nSPS) is 18.9. The molecule has 0 unspecified atom stereocenters. The molecule has 0 saturated carbocycles. The zero-order chi connectivity index (χ0) is 17.5. The third kappa shape index (κ3) is 3.02. The molecule has 1 atom stereocenters. The quantitative estimate of drug-likeness (QED) is 0.913. The largest absolute Gasteiger partial charge is 0.434 e. The van der Waals surface area contributed by atoms with Crippen molar-refractivity contribution >= 4 is 5.91 Å². The number of aromatic amines is 1. The Labute approximate surface area is 136 Å². The van der Waals surface area contributed by atoms with Crippen LogP contribution in [0.15, 0.2) is 12.4 Å². The number of hydrogen-bond donors (Lipinski definition) is 1. The van der Waals surface area contributed by atoms with E-state index in [-0.39, 0.29) is 11.8 Å². The molecule has 3 heterocycles. The van der Waals surface area contributed by atoms with Crippen molar-refractivity contribution < 1.29 is 18.0 Å². The molecule has 1 aliphatic rings. The molecule has 24 heavy (non-hydrogen) atoms. The maximum Gasteiger partial charge on any atom is 0.434 e. The first-order valence-electron chi connectivity index (χ1n) is 7.67. The third-order valence-electron chi connectivity index (χ3n) is 4.34. The number of halogens is 3. The Bertz CT molecular complexity index is 749. The van der Waals surface area contributed by atoms with Gasteiger partial charge in [0, 0.05) is 37.9 Å². The zero-order valence-electron chi connectivity index (χ0n) is 13.4. The number of aryl methyl sites for hydroxylation is 2. The highest BCUT2D eigenvalue weighted by Gasteiger charge is 2.36. The molecule has 1 amide bonds. The minimum atomic E-state index is -4.46. The average molecular weight is 341 g/mol. The maximum absolute atomic E-state index is 12.8. The van der Waals surface area contributed by atoms with Crippen molar-refractivity contribution in [3.8, 4) is 0 Å². The van der Waals surface area contributed by atoms with Crippen LogP contribution in [0.1, 0.15) is 46.3 Å². The van der Waals surface area contributed by atoms with E-state index < -0.39 is 11.9 Å². The molecular weight excluding hydrogens is 323 g/mol. The van der Waals surface area contributed by atoms with Crippen molar-refractivity contribution in [3.05, 3.63) is 35.2 Å². The molecule has 0 spiro atoms. The van der Waals surface area contributed by atoms with Crippen molar-refractivity contribution in [2.75, 3.05) is 13.1 Å². The third-order valence-corrected chi connectivity index (χ3v) is 4.34. The smallest absolute Gasteiger partial charge is 0.338 e. The fraction of sp³-hybridized carbons (Fsp3) is 0.533. The van der Waals surface area contributed by atoms with Crippen LogP contribution in [-0.2, 0) is 13.2 Å². The monoisotopic (exact) mass is 341 g/mol. The molecule has 0 radical (unpaired) electrons. The number of nitrogens with one attached hydrogen (secondary N) is 1. The van der Waals surface area contributed by atoms with Crippen LogP contribution in [0, 0.1) is 6.92 Å². The van der Waals surface area contributed by atoms with Crippen molar-refractivity contribution in [1.29, 1.82) is 0 Å². The molecule has 1 fully saturated rings. The summed E-state index contributed by atoms with van der Waals surface area (Å²) in [4.78, 5) is 18.0. The van der Waals surface area contributed by atoms with E-state index in [1.54, 1.807) is 18.9 Å². The van der Waals surface area contributed by atoms with E-state index in [0.29, 0.717) is 36.6 Å². The van der Waals surface area contributed by atoms with Gasteiger partial charge in [0.05, 0.1) is 11.8 Å². The van der Waals surface area contributed by atoms with Gasteiger partial charge in [0.15, 0.2) is 5.69 Å². The van der Waals surface area contributed by atoms with E-state index in [4.69, 9.17) is 0 Å². The predicted molar refractivity (Wildman–Crippen MR) is 79.4 cm³/mol. The highest BCUT2D eigenvalue weighted by Crippen LogP contribution is 2.32. The average Bonchev–Trinajstić information content (AvgIpc) is 3.12. The summed E-state index contributed by atoms with van der Waals surface area (Å²) in [5, 5.41) is 6.57. The number of carbonyl (C=O) groups excluding carboxylic acids is 1. The van der Waals surface area contributed by atoms with Gasteiger partial charge in [-0.2, -0.15) is 18.3 Å². The minimum Gasteiger partial charge on any atom is -0.338 e. The van der Waals surface area contributed by atoms with Crippen LogP contribution in [0.2, 0.25) is 0 Å². The van der Waals surface area contributed by atoms with Crippen LogP contribution < -0.4 is 0 Å². The van der Waals surface area contributed by atoms with Gasteiger partial charge in [0.1, 0.15) is 5.82 Å². The molecule has 130 valence electrons. The molecule has 9 heteroatoms. The van der Waals surface area contributed by atoms with Crippen LogP contribution in [0.3, 0.4) is 0 Å². The number of nitrogens with zero attached hydrogens (tertiary/aromatic N) is 4. The highest BCUT2D eigenvalue weighted by molar-refractivity contribution is 5.95. The first kappa shape index (κ1) is 16.5. The summed E-state index contributed by atoms with van der Waals surface area (Å²) in [6, 6.07) is 0. The Morgan fingerprint density at radius 1 is 1.42 bits per heavy atom. The number of rotatable bonds is 2. The lowest BCUT2D eigenvalue weighted by Gasteiger charge is -2.32. The number of hydrogen-bond acceptors (Lipinski definition) is 3. The second-order valence-corrected chi connectivity index (χ2v) is 6.09. The van der Waals surface area contributed by atoms with Crippen LogP contribution in [0.5, 0.6) is 0 Å². The van der Waals surface area contributed by atoms with E-state index in [2.05, 4.69) is 15.2 Å². The van der Waals surface area contributed by atoms with Crippen LogP contribution in [0.4, 0.5) is 13.2 Å². The summed E-state index contributed by atoms with van der Waals surface area (Å²) in [5.74, 6) is -0.00375. The number of H-pyrrole nitrogens is 1. The van der Waals surface area contributed by atoms with Gasteiger partial charge in [0.25, 0.3) is 5.91 Å². The summed E-state index contributed by atoms with van der Waals surface area (Å²) in [5.41, 5.74) is 0.277. The maximum atomic E-state index is 12.8. The molecule has 2 aromatic heterocycles. The number of alkyl halides is 3. The molecule has 0 aromatic carbocycles. The lowest BCUT2D eigenvalue weighted by atomic mass is 9.96. The lowest BCUT2D eigenvalue weighted by Crippen LogP contribution is -2.39. The highest BCUT2D eigenvalue weighted by atomic mass is 19.4. The van der Waals surface area contributed by atoms with Crippen molar-refractivity contribution in [3.63, 3.8) is 0 Å². The molecule has 1 N–H and O–H groups in total. The molecule has 3 rings (SSSR count). The first-order valence-corrected chi connectivity index (χ1v) is 7.67. The zero-order valence-corrected chi connectivity index (χ0v) is 13.4. The van der Waals surface area contributed by atoms with Crippen LogP contribution in [-0.4, -0.2) is 43.6 Å². The van der Waals surface area contributed by atoms with E-state index in [9.17, 15) is 18.0 Å². The topological polar surface area (TPSA) is 66.8 Å². The standard InChI is InChI=1S/C15H18F3N5O/c1-9-11(6-19-21-9)14(24)23-5-3-4-10(7-23)13-20-12(8-22(13)2)15(16,17)18/h6,8,10H,3-5,7H2,1-2H3,(H,19,21)/t10-/m0/s1. The van der Waals surface area contributed by atoms with E-state index in [1.165, 1.54) is 10.8 Å². The molecule has 1 aliphatic heterocycles. The van der Waals surface area contributed by atoms with Gasteiger partial charge >= 0.3 is 6.18 Å². The lowest BCUT2D eigenvalue weighted by molar-refractivity contribution is -0.141. The summed E-state index contributed by atoms with van der Waals surface area (Å²) in [6.45, 7) is 2.69. The van der Waals surface area contributed by atoms with Crippen LogP contribution >= 0.6 is 0 Å². The van der Waals surface area contributed by atoms with E-state index >= 15 is 0 Å². The number of likely N-dealkylation sites (tertiary alicyclic amines) is 1. The number of amides is 1. The first-order chi connectivity index (χ1) is 11.3. The van der Waals surface area contributed by atoms with Crippen LogP contribution in [0.25, 0.3) is 0 Å². The molecule has 6 nitrogen and oxygen atoms in total. The van der Waals surface area contributed by atoms with Gasteiger partial charge in [0.2, 0.25) is 0 Å². The van der Waals surface area contributed by atoms with Gasteiger partial charge in [-0.05, 0) is 19.8 Å². The minimum absolute atomic E-state index is 0.156. The fourth-order valence-corrected chi connectivity index (χ4v) is 3.11. The summed E-state index contributed by atoms with van der Waals surface area (Å²) < 4.78 is 39.9. The summed E-state index contributed by atoms with van der Waals surface area (Å²) in [7, 11) is 1.55. The Morgan fingerprint density at radius 3 is 2.75 bits per heavy atom. The molecule has 0 aliphatic carbocycles. The predicted octanol–water partition coefficient (Wildman–Crippen LogP) is 2.49. The second-order valence-electron chi connectivity index (χ2n) is 6.09. The molecule has 0 bridgehead atoms. The van der Waals surface area contributed by atoms with Crippen molar-refractivity contribution in [2.45, 2.75) is 31.9 Å². The molecule has 2 aromatic rings. The van der Waals surface area contributed by atoms with Gasteiger partial charge < -0.3 is 9.47 Å². The number of aromatic nitrogens is 4. The Kier molecular flexibility index (Phi) is 4.10.